The summed E-state index contributed by atoms with van der Waals surface area (Å²) in [6.07, 6.45) is 9.50. The van der Waals surface area contributed by atoms with E-state index in [2.05, 4.69) is 126 Å². The van der Waals surface area contributed by atoms with Gasteiger partial charge in [0.2, 0.25) is 0 Å². The fourth-order valence-electron chi connectivity index (χ4n) is 5.55. The molecule has 0 saturated heterocycles. The minimum Gasteiger partial charge on any atom is -0.326 e. The number of nitrogens with zero attached hydrogens (tertiary/aromatic N) is 3. The van der Waals surface area contributed by atoms with E-state index in [1.807, 2.05) is 0 Å². The Bertz CT molecular complexity index is 1270. The van der Waals surface area contributed by atoms with Gasteiger partial charge >= 0.3 is 0 Å². The van der Waals surface area contributed by atoms with Crippen molar-refractivity contribution < 1.29 is 0 Å². The molecule has 1 heterocycles. The van der Waals surface area contributed by atoms with Gasteiger partial charge in [-0.3, -0.25) is 4.90 Å². The summed E-state index contributed by atoms with van der Waals surface area (Å²) in [5.41, 5.74) is 6.18. The summed E-state index contributed by atoms with van der Waals surface area (Å²) in [5.74, 6) is 1.68. The first kappa shape index (κ1) is 25.2. The maximum Gasteiger partial charge on any atom is 0.140 e. The van der Waals surface area contributed by atoms with Crippen molar-refractivity contribution in [1.29, 1.82) is 0 Å². The summed E-state index contributed by atoms with van der Waals surface area (Å²) < 4.78 is 2.52. The van der Waals surface area contributed by atoms with Crippen LogP contribution in [0.3, 0.4) is 0 Å². The lowest BCUT2D eigenvalue weighted by molar-refractivity contribution is 0.174. The van der Waals surface area contributed by atoms with E-state index in [4.69, 9.17) is 4.98 Å². The molecule has 1 aromatic heterocycles. The highest BCUT2D eigenvalue weighted by Crippen LogP contribution is 2.37. The molecule has 3 nitrogen and oxygen atoms in total. The molecule has 190 valence electrons. The summed E-state index contributed by atoms with van der Waals surface area (Å²) in [7, 11) is 0. The van der Waals surface area contributed by atoms with Crippen LogP contribution in [0.2, 0.25) is 0 Å². The molecule has 1 aliphatic rings. The van der Waals surface area contributed by atoms with Crippen molar-refractivity contribution in [3.05, 3.63) is 114 Å². The Balaban J connectivity index is 1.63. The van der Waals surface area contributed by atoms with E-state index < -0.39 is 0 Å². The molecule has 0 fully saturated rings. The maximum absolute atomic E-state index is 5.37. The van der Waals surface area contributed by atoms with Crippen LogP contribution in [-0.4, -0.2) is 21.0 Å². The molecule has 0 bridgehead atoms. The maximum atomic E-state index is 5.37. The summed E-state index contributed by atoms with van der Waals surface area (Å²) in [4.78, 5) is 8.05. The third-order valence-corrected chi connectivity index (χ3v) is 7.57. The fourth-order valence-corrected chi connectivity index (χ4v) is 5.55. The van der Waals surface area contributed by atoms with Gasteiger partial charge < -0.3 is 4.57 Å². The highest BCUT2D eigenvalue weighted by molar-refractivity contribution is 5.69. The Kier molecular flexibility index (Phi) is 8.32. The van der Waals surface area contributed by atoms with E-state index in [1.54, 1.807) is 0 Å². The predicted octanol–water partition coefficient (Wildman–Crippen LogP) is 8.55. The Morgan fingerprint density at radius 3 is 2.16 bits per heavy atom. The van der Waals surface area contributed by atoms with Crippen LogP contribution < -0.4 is 0 Å². The standard InChI is InChI=1S/C34H39N3/c1-3-4-24-37-33(27(2)36(26-29-18-14-15-19-29)25-28-16-8-5-9-17-28)32(30-20-10-6-11-21-30)35-34(37)31-22-12-7-13-23-31/h5-14,16-18,20-23,27,29H,3-4,15,19,24-26H2,1-2H3. The molecule has 37 heavy (non-hydrogen) atoms. The molecule has 0 saturated carbocycles. The van der Waals surface area contributed by atoms with E-state index in [0.29, 0.717) is 5.92 Å². The molecule has 0 radical (unpaired) electrons. The van der Waals surface area contributed by atoms with Crippen molar-refractivity contribution >= 4 is 0 Å². The zero-order chi connectivity index (χ0) is 25.5. The molecular formula is C34H39N3. The van der Waals surface area contributed by atoms with E-state index in [1.165, 1.54) is 35.2 Å². The van der Waals surface area contributed by atoms with Crippen LogP contribution in [0.25, 0.3) is 22.6 Å². The quantitative estimate of drug-likeness (QED) is 0.197. The molecule has 0 spiro atoms. The smallest absolute Gasteiger partial charge is 0.140 e. The first-order valence-corrected chi connectivity index (χ1v) is 13.9. The van der Waals surface area contributed by atoms with Gasteiger partial charge in [0.25, 0.3) is 0 Å². The Morgan fingerprint density at radius 2 is 1.54 bits per heavy atom. The number of rotatable bonds is 11. The molecule has 0 N–H and O–H groups in total. The molecule has 0 aliphatic heterocycles. The SMILES string of the molecule is CCCCn1c(-c2ccccc2)nc(-c2ccccc2)c1C(C)N(Cc1ccccc1)CC1C=CCC1. The first-order valence-electron chi connectivity index (χ1n) is 13.9. The van der Waals surface area contributed by atoms with Crippen LogP contribution in [-0.2, 0) is 13.1 Å². The number of allylic oxidation sites excluding steroid dienone is 1. The zero-order valence-corrected chi connectivity index (χ0v) is 22.3. The van der Waals surface area contributed by atoms with Crippen LogP contribution in [0.1, 0.15) is 56.8 Å². The van der Waals surface area contributed by atoms with Gasteiger partial charge in [0.1, 0.15) is 5.82 Å². The summed E-state index contributed by atoms with van der Waals surface area (Å²) in [6, 6.07) is 32.6. The number of hydrogen-bond acceptors (Lipinski definition) is 2. The van der Waals surface area contributed by atoms with E-state index in [-0.39, 0.29) is 6.04 Å². The second kappa shape index (κ2) is 12.2. The second-order valence-electron chi connectivity index (χ2n) is 10.3. The van der Waals surface area contributed by atoms with Crippen molar-refractivity contribution in [2.45, 2.75) is 58.7 Å². The van der Waals surface area contributed by atoms with Crippen molar-refractivity contribution in [2.24, 2.45) is 5.92 Å². The molecule has 2 atom stereocenters. The average molecular weight is 490 g/mol. The van der Waals surface area contributed by atoms with Gasteiger partial charge in [-0.25, -0.2) is 4.98 Å². The Hall–Kier alpha value is -3.43. The van der Waals surface area contributed by atoms with Crippen molar-refractivity contribution in [2.75, 3.05) is 6.54 Å². The lowest BCUT2D eigenvalue weighted by Gasteiger charge is -2.32. The number of unbranched alkanes of at least 4 members (excludes halogenated alkanes) is 1. The largest absolute Gasteiger partial charge is 0.326 e. The van der Waals surface area contributed by atoms with Crippen LogP contribution in [0, 0.1) is 5.92 Å². The van der Waals surface area contributed by atoms with Crippen LogP contribution in [0.4, 0.5) is 0 Å². The Labute approximate surface area is 222 Å². The van der Waals surface area contributed by atoms with Gasteiger partial charge in [-0.05, 0) is 37.7 Å². The molecule has 1 aliphatic carbocycles. The zero-order valence-electron chi connectivity index (χ0n) is 22.3. The third kappa shape index (κ3) is 5.94. The highest BCUT2D eigenvalue weighted by Gasteiger charge is 2.29. The van der Waals surface area contributed by atoms with Gasteiger partial charge in [-0.1, -0.05) is 116 Å². The minimum atomic E-state index is 0.214. The van der Waals surface area contributed by atoms with E-state index >= 15 is 0 Å². The normalized spacial score (nSPS) is 15.9. The summed E-state index contributed by atoms with van der Waals surface area (Å²) in [6.45, 7) is 7.63. The minimum absolute atomic E-state index is 0.214. The van der Waals surface area contributed by atoms with Gasteiger partial charge in [0, 0.05) is 36.8 Å². The topological polar surface area (TPSA) is 21.1 Å². The van der Waals surface area contributed by atoms with Crippen molar-refractivity contribution in [3.63, 3.8) is 0 Å². The fraction of sp³-hybridized carbons (Fsp3) is 0.324. The number of aromatic nitrogens is 2. The average Bonchev–Trinajstić information content (AvgIpc) is 3.61. The van der Waals surface area contributed by atoms with Crippen LogP contribution >= 0.6 is 0 Å². The van der Waals surface area contributed by atoms with Gasteiger partial charge in [0.05, 0.1) is 11.4 Å². The van der Waals surface area contributed by atoms with Gasteiger partial charge in [-0.2, -0.15) is 0 Å². The van der Waals surface area contributed by atoms with Gasteiger partial charge in [-0.15, -0.1) is 0 Å². The number of benzene rings is 3. The summed E-state index contributed by atoms with van der Waals surface area (Å²) in [5, 5.41) is 0. The molecule has 2 unspecified atom stereocenters. The van der Waals surface area contributed by atoms with E-state index in [9.17, 15) is 0 Å². The lowest BCUT2D eigenvalue weighted by atomic mass is 10.0. The monoisotopic (exact) mass is 489 g/mol. The molecule has 0 amide bonds. The highest BCUT2D eigenvalue weighted by atomic mass is 15.2. The molecule has 5 rings (SSSR count). The third-order valence-electron chi connectivity index (χ3n) is 7.57. The number of hydrogen-bond donors (Lipinski definition) is 0. The Morgan fingerprint density at radius 1 is 0.892 bits per heavy atom. The molecule has 4 aromatic rings. The molecular weight excluding hydrogens is 450 g/mol. The van der Waals surface area contributed by atoms with E-state index in [0.717, 1.165) is 44.0 Å². The van der Waals surface area contributed by atoms with Crippen LogP contribution in [0.5, 0.6) is 0 Å². The second-order valence-corrected chi connectivity index (χ2v) is 10.3. The van der Waals surface area contributed by atoms with Gasteiger partial charge in [0.15, 0.2) is 0 Å². The number of imidazole rings is 1. The van der Waals surface area contributed by atoms with Crippen LogP contribution in [0.15, 0.2) is 103 Å². The first-order chi connectivity index (χ1) is 18.2. The summed E-state index contributed by atoms with van der Waals surface area (Å²) >= 11 is 0. The molecule has 3 heteroatoms. The van der Waals surface area contributed by atoms with Crippen molar-refractivity contribution in [3.8, 4) is 22.6 Å². The van der Waals surface area contributed by atoms with Crippen molar-refractivity contribution in [1.82, 2.24) is 14.5 Å². The lowest BCUT2D eigenvalue weighted by Crippen LogP contribution is -2.32. The molecule has 3 aromatic carbocycles. The predicted molar refractivity (Wildman–Crippen MR) is 155 cm³/mol.